The fraction of sp³-hybridized carbons (Fsp3) is 0.303. The van der Waals surface area contributed by atoms with E-state index in [4.69, 9.17) is 19.2 Å². The highest BCUT2D eigenvalue weighted by Gasteiger charge is 2.48. The van der Waals surface area contributed by atoms with Crippen molar-refractivity contribution in [2.45, 2.75) is 52.2 Å². The van der Waals surface area contributed by atoms with Crippen LogP contribution in [-0.4, -0.2) is 41.6 Å². The standard InChI is InChI=1S/C33H32N2O6S/c1-5-6-13-40-25-12-8-20(17-26(25)39-4)29-28(30(36)21-9-11-24-22(16-21)15-19(3)41-24)31(37)32(38)35(29)33-34-23-10-7-18(2)14-27(23)42-33/h7-12,14,16-17,19,29,36H,5-6,13,15H2,1-4H3/b30-28+/t19-,29-/m0/s1. The van der Waals surface area contributed by atoms with E-state index < -0.39 is 17.7 Å². The van der Waals surface area contributed by atoms with Crippen molar-refractivity contribution in [1.82, 2.24) is 4.98 Å². The second-order valence-corrected chi connectivity index (χ2v) is 11.7. The molecule has 8 nitrogen and oxygen atoms in total. The van der Waals surface area contributed by atoms with Crippen molar-refractivity contribution in [2.24, 2.45) is 0 Å². The van der Waals surface area contributed by atoms with Crippen molar-refractivity contribution < 1.29 is 28.9 Å². The lowest BCUT2D eigenvalue weighted by molar-refractivity contribution is -0.132. The van der Waals surface area contributed by atoms with Gasteiger partial charge in [-0.3, -0.25) is 14.5 Å². The molecule has 9 heteroatoms. The highest BCUT2D eigenvalue weighted by atomic mass is 32.1. The first-order valence-corrected chi connectivity index (χ1v) is 14.9. The zero-order valence-electron chi connectivity index (χ0n) is 24.0. The summed E-state index contributed by atoms with van der Waals surface area (Å²) in [5.74, 6) is 0.0113. The number of fused-ring (bicyclic) bond motifs is 2. The summed E-state index contributed by atoms with van der Waals surface area (Å²) in [6.07, 6.45) is 2.60. The lowest BCUT2D eigenvalue weighted by Crippen LogP contribution is -2.29. The van der Waals surface area contributed by atoms with Gasteiger partial charge in [-0.05, 0) is 79.4 Å². The SMILES string of the molecule is CCCCOc1ccc([C@H]2/C(=C(\O)c3ccc4c(c3)C[C@H](C)O4)C(=O)C(=O)N2c2nc3ccc(C)cc3s2)cc1OC. The number of carbonyl (C=O) groups excluding carboxylic acids is 2. The van der Waals surface area contributed by atoms with Crippen LogP contribution < -0.4 is 19.1 Å². The molecule has 1 fully saturated rings. The predicted molar refractivity (Wildman–Crippen MR) is 163 cm³/mol. The number of benzene rings is 3. The van der Waals surface area contributed by atoms with Crippen LogP contribution in [0, 0.1) is 6.92 Å². The van der Waals surface area contributed by atoms with Gasteiger partial charge in [0.1, 0.15) is 17.6 Å². The zero-order valence-corrected chi connectivity index (χ0v) is 24.8. The van der Waals surface area contributed by atoms with Crippen LogP contribution >= 0.6 is 11.3 Å². The quantitative estimate of drug-likeness (QED) is 0.106. The van der Waals surface area contributed by atoms with Gasteiger partial charge in [0.15, 0.2) is 16.6 Å². The summed E-state index contributed by atoms with van der Waals surface area (Å²) in [6.45, 7) is 6.60. The molecule has 2 aliphatic rings. The Balaban J connectivity index is 1.51. The zero-order chi connectivity index (χ0) is 29.5. The van der Waals surface area contributed by atoms with E-state index in [0.29, 0.717) is 40.8 Å². The average molecular weight is 585 g/mol. The van der Waals surface area contributed by atoms with Crippen LogP contribution in [0.3, 0.4) is 0 Å². The molecule has 1 saturated heterocycles. The van der Waals surface area contributed by atoms with E-state index >= 15 is 0 Å². The molecule has 216 valence electrons. The van der Waals surface area contributed by atoms with Crippen molar-refractivity contribution in [1.29, 1.82) is 0 Å². The van der Waals surface area contributed by atoms with Gasteiger partial charge in [0.05, 0.1) is 35.5 Å². The third kappa shape index (κ3) is 4.87. The molecule has 0 unspecified atom stereocenters. The third-order valence-electron chi connectivity index (χ3n) is 7.61. The highest BCUT2D eigenvalue weighted by molar-refractivity contribution is 7.22. The van der Waals surface area contributed by atoms with Gasteiger partial charge in [0.25, 0.3) is 5.78 Å². The molecule has 6 rings (SSSR count). The number of aliphatic hydroxyl groups is 1. The van der Waals surface area contributed by atoms with E-state index in [1.807, 2.05) is 38.1 Å². The number of ketones is 1. The van der Waals surface area contributed by atoms with Crippen LogP contribution in [0.1, 0.15) is 55.0 Å². The Bertz CT molecular complexity index is 1740. The highest BCUT2D eigenvalue weighted by Crippen LogP contribution is 2.46. The molecule has 1 amide bonds. The summed E-state index contributed by atoms with van der Waals surface area (Å²) in [7, 11) is 1.55. The number of thiazole rings is 1. The number of carbonyl (C=O) groups is 2. The number of ether oxygens (including phenoxy) is 3. The Labute approximate surface area is 248 Å². The lowest BCUT2D eigenvalue weighted by atomic mass is 9.94. The number of aryl methyl sites for hydroxylation is 1. The monoisotopic (exact) mass is 584 g/mol. The van der Waals surface area contributed by atoms with Crippen molar-refractivity contribution in [3.05, 3.63) is 82.4 Å². The van der Waals surface area contributed by atoms with Crippen molar-refractivity contribution in [2.75, 3.05) is 18.6 Å². The van der Waals surface area contributed by atoms with E-state index in [0.717, 1.165) is 39.9 Å². The Hall–Kier alpha value is -4.37. The largest absolute Gasteiger partial charge is 0.507 e. The van der Waals surface area contributed by atoms with Gasteiger partial charge in [-0.2, -0.15) is 0 Å². The molecule has 0 saturated carbocycles. The number of hydrogen-bond acceptors (Lipinski definition) is 8. The lowest BCUT2D eigenvalue weighted by Gasteiger charge is -2.24. The van der Waals surface area contributed by atoms with Crippen molar-refractivity contribution in [3.8, 4) is 17.2 Å². The van der Waals surface area contributed by atoms with Crippen LogP contribution in [0.5, 0.6) is 17.2 Å². The molecule has 0 radical (unpaired) electrons. The minimum absolute atomic E-state index is 0.0101. The van der Waals surface area contributed by atoms with Gasteiger partial charge in [0, 0.05) is 12.0 Å². The number of methoxy groups -OCH3 is 1. The molecule has 42 heavy (non-hydrogen) atoms. The molecule has 4 aromatic rings. The van der Waals surface area contributed by atoms with Crippen molar-refractivity contribution >= 4 is 44.1 Å². The first-order chi connectivity index (χ1) is 20.3. The number of amides is 1. The van der Waals surface area contributed by atoms with E-state index in [-0.39, 0.29) is 17.4 Å². The van der Waals surface area contributed by atoms with E-state index in [1.165, 1.54) is 16.2 Å². The molecule has 2 atom stereocenters. The predicted octanol–water partition coefficient (Wildman–Crippen LogP) is 6.74. The van der Waals surface area contributed by atoms with Gasteiger partial charge in [-0.15, -0.1) is 0 Å². The molecule has 1 N–H and O–H groups in total. The Morgan fingerprint density at radius 3 is 2.74 bits per heavy atom. The molecular weight excluding hydrogens is 552 g/mol. The first-order valence-electron chi connectivity index (χ1n) is 14.1. The normalized spacial score (nSPS) is 19.3. The second-order valence-electron chi connectivity index (χ2n) is 10.7. The number of nitrogens with zero attached hydrogens (tertiary/aromatic N) is 2. The van der Waals surface area contributed by atoms with Gasteiger partial charge < -0.3 is 19.3 Å². The molecule has 1 aromatic heterocycles. The van der Waals surface area contributed by atoms with Crippen LogP contribution in [-0.2, 0) is 16.0 Å². The number of hydrogen-bond donors (Lipinski definition) is 1. The number of rotatable bonds is 8. The molecule has 0 aliphatic carbocycles. The Morgan fingerprint density at radius 1 is 1.12 bits per heavy atom. The van der Waals surface area contributed by atoms with Gasteiger partial charge in [-0.1, -0.05) is 36.8 Å². The maximum atomic E-state index is 13.7. The average Bonchev–Trinajstić information content (AvgIpc) is 3.64. The summed E-state index contributed by atoms with van der Waals surface area (Å²) in [6, 6.07) is 15.6. The fourth-order valence-electron chi connectivity index (χ4n) is 5.49. The fourth-order valence-corrected chi connectivity index (χ4v) is 6.58. The van der Waals surface area contributed by atoms with E-state index in [2.05, 4.69) is 6.92 Å². The molecule has 0 bridgehead atoms. The smallest absolute Gasteiger partial charge is 0.301 e. The third-order valence-corrected chi connectivity index (χ3v) is 8.63. The minimum atomic E-state index is -0.936. The minimum Gasteiger partial charge on any atom is -0.507 e. The van der Waals surface area contributed by atoms with Gasteiger partial charge >= 0.3 is 5.91 Å². The topological polar surface area (TPSA) is 98.2 Å². The molecule has 2 aliphatic heterocycles. The summed E-state index contributed by atoms with van der Waals surface area (Å²) < 4.78 is 18.3. The summed E-state index contributed by atoms with van der Waals surface area (Å²) in [4.78, 5) is 33.6. The molecule has 3 aromatic carbocycles. The van der Waals surface area contributed by atoms with Gasteiger partial charge in [-0.25, -0.2) is 4.98 Å². The number of anilines is 1. The van der Waals surface area contributed by atoms with Crippen LogP contribution in [0.25, 0.3) is 16.0 Å². The van der Waals surface area contributed by atoms with Crippen LogP contribution in [0.2, 0.25) is 0 Å². The number of aliphatic hydroxyl groups excluding tert-OH is 1. The second kappa shape index (κ2) is 11.1. The summed E-state index contributed by atoms with van der Waals surface area (Å²) in [5, 5.41) is 12.0. The maximum absolute atomic E-state index is 13.7. The Kier molecular flexibility index (Phi) is 7.36. The molecular formula is C33H32N2O6S. The number of aromatic nitrogens is 1. The van der Waals surface area contributed by atoms with Crippen LogP contribution in [0.15, 0.2) is 60.2 Å². The van der Waals surface area contributed by atoms with E-state index in [9.17, 15) is 14.7 Å². The summed E-state index contributed by atoms with van der Waals surface area (Å²) in [5.41, 5.74) is 3.75. The van der Waals surface area contributed by atoms with Crippen molar-refractivity contribution in [3.63, 3.8) is 0 Å². The maximum Gasteiger partial charge on any atom is 0.301 e. The molecule has 0 spiro atoms. The number of unbranched alkanes of at least 4 members (excludes halogenated alkanes) is 1. The number of Topliss-reactive ketones (excluding diaryl/α,β-unsaturated/α-hetero) is 1. The Morgan fingerprint density at radius 2 is 1.95 bits per heavy atom. The van der Waals surface area contributed by atoms with E-state index in [1.54, 1.807) is 37.4 Å². The first kappa shape index (κ1) is 27.8. The van der Waals surface area contributed by atoms with Crippen LogP contribution in [0.4, 0.5) is 5.13 Å². The summed E-state index contributed by atoms with van der Waals surface area (Å²) >= 11 is 1.33. The van der Waals surface area contributed by atoms with Gasteiger partial charge in [0.2, 0.25) is 0 Å². The molecule has 3 heterocycles.